The molecular formula is C10H18N2O2. The Hall–Kier alpha value is -1.13. The largest absolute Gasteiger partial charge is 0.506 e. The number of aryl methyl sites for hydroxylation is 1. The zero-order valence-corrected chi connectivity index (χ0v) is 8.91. The van der Waals surface area contributed by atoms with Crippen LogP contribution in [0.2, 0.25) is 0 Å². The number of nitrogens with two attached hydrogens (primary N) is 1. The number of aliphatic hydroxyl groups excluding tert-OH is 1. The van der Waals surface area contributed by atoms with Crippen molar-refractivity contribution in [2.75, 3.05) is 0 Å². The molecule has 0 radical (unpaired) electrons. The standard InChI is InChI=1S/C8H12N2O2.C2H6/c1-5-8(12)7(4-11)6(2-9)3-10-5;1-2/h3,11-12H,2,4,9H2,1H3;1-2H3. The lowest BCUT2D eigenvalue weighted by atomic mass is 10.1. The van der Waals surface area contributed by atoms with Crippen molar-refractivity contribution in [3.8, 4) is 5.75 Å². The molecule has 0 atom stereocenters. The molecule has 0 aliphatic rings. The van der Waals surface area contributed by atoms with Crippen LogP contribution in [0.1, 0.15) is 30.7 Å². The first-order valence-corrected chi connectivity index (χ1v) is 4.68. The first kappa shape index (κ1) is 12.9. The molecule has 0 saturated heterocycles. The lowest BCUT2D eigenvalue weighted by Gasteiger charge is -2.08. The molecule has 14 heavy (non-hydrogen) atoms. The third-order valence-electron chi connectivity index (χ3n) is 1.81. The van der Waals surface area contributed by atoms with Crippen molar-refractivity contribution in [3.63, 3.8) is 0 Å². The molecule has 4 heteroatoms. The van der Waals surface area contributed by atoms with Crippen molar-refractivity contribution in [2.24, 2.45) is 5.73 Å². The highest BCUT2D eigenvalue weighted by atomic mass is 16.3. The van der Waals surface area contributed by atoms with E-state index in [9.17, 15) is 5.11 Å². The molecule has 4 N–H and O–H groups in total. The normalized spacial score (nSPS) is 9.21. The Morgan fingerprint density at radius 3 is 2.43 bits per heavy atom. The SMILES string of the molecule is CC.Cc1ncc(CN)c(CO)c1O. The molecular weight excluding hydrogens is 180 g/mol. The summed E-state index contributed by atoms with van der Waals surface area (Å²) in [5.41, 5.74) is 7.05. The third kappa shape index (κ3) is 2.68. The maximum atomic E-state index is 9.43. The van der Waals surface area contributed by atoms with Crippen LogP contribution in [-0.2, 0) is 13.2 Å². The van der Waals surface area contributed by atoms with Gasteiger partial charge < -0.3 is 15.9 Å². The molecule has 1 aromatic rings. The Labute approximate surface area is 84.4 Å². The molecule has 4 nitrogen and oxygen atoms in total. The second-order valence-corrected chi connectivity index (χ2v) is 2.56. The van der Waals surface area contributed by atoms with E-state index >= 15 is 0 Å². The van der Waals surface area contributed by atoms with Gasteiger partial charge in [0.05, 0.1) is 12.3 Å². The minimum Gasteiger partial charge on any atom is -0.506 e. The average Bonchev–Trinajstić information content (AvgIpc) is 2.24. The molecule has 0 bridgehead atoms. The molecule has 0 amide bonds. The van der Waals surface area contributed by atoms with E-state index in [0.717, 1.165) is 0 Å². The van der Waals surface area contributed by atoms with Gasteiger partial charge in [-0.3, -0.25) is 4.98 Å². The fourth-order valence-electron chi connectivity index (χ4n) is 1.04. The van der Waals surface area contributed by atoms with Crippen LogP contribution in [-0.4, -0.2) is 15.2 Å². The Kier molecular flexibility index (Phi) is 5.83. The lowest BCUT2D eigenvalue weighted by molar-refractivity contribution is 0.273. The molecule has 0 unspecified atom stereocenters. The quantitative estimate of drug-likeness (QED) is 0.664. The number of rotatable bonds is 2. The predicted octanol–water partition coefficient (Wildman–Crippen LogP) is 1.07. The number of nitrogens with zero attached hydrogens (tertiary/aromatic N) is 1. The van der Waals surface area contributed by atoms with Gasteiger partial charge in [-0.2, -0.15) is 0 Å². The van der Waals surface area contributed by atoms with Gasteiger partial charge in [0, 0.05) is 18.3 Å². The molecule has 80 valence electrons. The van der Waals surface area contributed by atoms with Crippen LogP contribution in [0.5, 0.6) is 5.75 Å². The Morgan fingerprint density at radius 2 is 2.00 bits per heavy atom. The summed E-state index contributed by atoms with van der Waals surface area (Å²) >= 11 is 0. The van der Waals surface area contributed by atoms with Gasteiger partial charge in [0.1, 0.15) is 5.75 Å². The van der Waals surface area contributed by atoms with Gasteiger partial charge in [0.2, 0.25) is 0 Å². The van der Waals surface area contributed by atoms with Gasteiger partial charge in [0.15, 0.2) is 0 Å². The minimum absolute atomic E-state index is 0.0421. The van der Waals surface area contributed by atoms with Crippen molar-refractivity contribution in [1.29, 1.82) is 0 Å². The maximum Gasteiger partial charge on any atom is 0.142 e. The van der Waals surface area contributed by atoms with E-state index in [1.54, 1.807) is 13.1 Å². The Bertz CT molecular complexity index is 288. The van der Waals surface area contributed by atoms with Crippen LogP contribution in [0, 0.1) is 6.92 Å². The predicted molar refractivity (Wildman–Crippen MR) is 55.8 cm³/mol. The van der Waals surface area contributed by atoms with Crippen LogP contribution < -0.4 is 5.73 Å². The molecule has 1 rings (SSSR count). The van der Waals surface area contributed by atoms with Gasteiger partial charge in [-0.1, -0.05) is 13.8 Å². The highest BCUT2D eigenvalue weighted by Crippen LogP contribution is 2.22. The zero-order chi connectivity index (χ0) is 11.1. The van der Waals surface area contributed by atoms with Crippen LogP contribution in [0.3, 0.4) is 0 Å². The smallest absolute Gasteiger partial charge is 0.142 e. The fraction of sp³-hybridized carbons (Fsp3) is 0.500. The Balaban J connectivity index is 0.000000791. The number of aromatic nitrogens is 1. The highest BCUT2D eigenvalue weighted by Gasteiger charge is 2.08. The van der Waals surface area contributed by atoms with Gasteiger partial charge in [-0.25, -0.2) is 0 Å². The molecule has 0 saturated carbocycles. The molecule has 1 heterocycles. The van der Waals surface area contributed by atoms with Crippen LogP contribution in [0.15, 0.2) is 6.20 Å². The molecule has 0 aromatic carbocycles. The summed E-state index contributed by atoms with van der Waals surface area (Å²) in [5, 5.41) is 18.3. The van der Waals surface area contributed by atoms with E-state index in [4.69, 9.17) is 10.8 Å². The summed E-state index contributed by atoms with van der Waals surface area (Å²) in [7, 11) is 0. The summed E-state index contributed by atoms with van der Waals surface area (Å²) in [4.78, 5) is 3.92. The van der Waals surface area contributed by atoms with Gasteiger partial charge in [0.25, 0.3) is 0 Å². The molecule has 0 aliphatic heterocycles. The monoisotopic (exact) mass is 198 g/mol. The van der Waals surface area contributed by atoms with E-state index in [1.807, 2.05) is 13.8 Å². The maximum absolute atomic E-state index is 9.43. The number of hydrogen-bond donors (Lipinski definition) is 3. The third-order valence-corrected chi connectivity index (χ3v) is 1.81. The van der Waals surface area contributed by atoms with Crippen molar-refractivity contribution in [2.45, 2.75) is 33.9 Å². The van der Waals surface area contributed by atoms with E-state index in [2.05, 4.69) is 4.98 Å². The fourth-order valence-corrected chi connectivity index (χ4v) is 1.04. The molecule has 1 aromatic heterocycles. The van der Waals surface area contributed by atoms with E-state index in [-0.39, 0.29) is 18.9 Å². The van der Waals surface area contributed by atoms with Gasteiger partial charge in [-0.05, 0) is 12.5 Å². The molecule has 0 aliphatic carbocycles. The first-order valence-electron chi connectivity index (χ1n) is 4.68. The van der Waals surface area contributed by atoms with E-state index in [0.29, 0.717) is 16.8 Å². The van der Waals surface area contributed by atoms with E-state index in [1.165, 1.54) is 0 Å². The number of aliphatic hydroxyl groups is 1. The summed E-state index contributed by atoms with van der Waals surface area (Å²) < 4.78 is 0. The van der Waals surface area contributed by atoms with Crippen LogP contribution >= 0.6 is 0 Å². The Morgan fingerprint density at radius 1 is 1.43 bits per heavy atom. The minimum atomic E-state index is -0.207. The van der Waals surface area contributed by atoms with E-state index < -0.39 is 0 Å². The van der Waals surface area contributed by atoms with Crippen molar-refractivity contribution < 1.29 is 10.2 Å². The topological polar surface area (TPSA) is 79.4 Å². The van der Waals surface area contributed by atoms with Crippen molar-refractivity contribution in [1.82, 2.24) is 4.98 Å². The molecule has 0 spiro atoms. The second kappa shape index (κ2) is 6.34. The number of aromatic hydroxyl groups is 1. The summed E-state index contributed by atoms with van der Waals surface area (Å²) in [6.45, 7) is 5.74. The van der Waals surface area contributed by atoms with Gasteiger partial charge >= 0.3 is 0 Å². The zero-order valence-electron chi connectivity index (χ0n) is 8.91. The lowest BCUT2D eigenvalue weighted by Crippen LogP contribution is -2.04. The van der Waals surface area contributed by atoms with Crippen molar-refractivity contribution in [3.05, 3.63) is 23.0 Å². The highest BCUT2D eigenvalue weighted by molar-refractivity contribution is 5.40. The summed E-state index contributed by atoms with van der Waals surface area (Å²) in [6, 6.07) is 0. The summed E-state index contributed by atoms with van der Waals surface area (Å²) in [6.07, 6.45) is 1.57. The summed E-state index contributed by atoms with van der Waals surface area (Å²) in [5.74, 6) is 0.0421. The number of hydrogen-bond acceptors (Lipinski definition) is 4. The van der Waals surface area contributed by atoms with Crippen molar-refractivity contribution >= 4 is 0 Å². The average molecular weight is 198 g/mol. The second-order valence-electron chi connectivity index (χ2n) is 2.56. The van der Waals surface area contributed by atoms with Crippen LogP contribution in [0.4, 0.5) is 0 Å². The number of pyridine rings is 1. The molecule has 0 fully saturated rings. The first-order chi connectivity index (χ1) is 6.70. The van der Waals surface area contributed by atoms with Gasteiger partial charge in [-0.15, -0.1) is 0 Å². The van der Waals surface area contributed by atoms with Crippen LogP contribution in [0.25, 0.3) is 0 Å².